The molecule has 15 heteroatoms. The summed E-state index contributed by atoms with van der Waals surface area (Å²) in [5.74, 6) is -2.61. The predicted molar refractivity (Wildman–Crippen MR) is 138 cm³/mol. The Morgan fingerprint density at radius 3 is 2.50 bits per heavy atom. The molecule has 0 unspecified atom stereocenters. The molecular weight excluding hydrogens is 538 g/mol. The number of alkyl halides is 3. The fourth-order valence-corrected chi connectivity index (χ4v) is 4.20. The first kappa shape index (κ1) is 28.1. The number of fused-ring (bicyclic) bond motifs is 1. The Hall–Kier alpha value is -4.95. The SMILES string of the molecule is C=CC(=O)N1CCN(c2nc(OC(C=NC)=CN)nc3c(=O)n(-c4c(O)cccc4F)c(C(F)(F)F)cc23)CC1. The first-order valence-corrected chi connectivity index (χ1v) is 11.7. The molecule has 3 heterocycles. The van der Waals surface area contributed by atoms with Crippen molar-refractivity contribution in [2.75, 3.05) is 38.1 Å². The molecule has 0 atom stereocenters. The highest BCUT2D eigenvalue weighted by atomic mass is 19.4. The molecule has 2 aromatic heterocycles. The maximum Gasteiger partial charge on any atom is 0.431 e. The van der Waals surface area contributed by atoms with Crippen LogP contribution in [0.5, 0.6) is 11.8 Å². The smallest absolute Gasteiger partial charge is 0.431 e. The molecule has 40 heavy (non-hydrogen) atoms. The number of phenolic OH excluding ortho intramolecular Hbond substituents is 1. The highest BCUT2D eigenvalue weighted by Crippen LogP contribution is 2.37. The van der Waals surface area contributed by atoms with Gasteiger partial charge in [0, 0.05) is 39.4 Å². The van der Waals surface area contributed by atoms with Crippen molar-refractivity contribution in [3.8, 4) is 17.4 Å². The van der Waals surface area contributed by atoms with Gasteiger partial charge in [-0.3, -0.25) is 19.1 Å². The number of anilines is 1. The number of ether oxygens (including phenoxy) is 1. The fraction of sp³-hybridized carbons (Fsp3) is 0.240. The number of hydrogen-bond donors (Lipinski definition) is 2. The number of aliphatic imine (C=N–C) groups is 1. The lowest BCUT2D eigenvalue weighted by Crippen LogP contribution is -2.48. The van der Waals surface area contributed by atoms with Crippen LogP contribution in [0.25, 0.3) is 16.6 Å². The maximum atomic E-state index is 14.7. The summed E-state index contributed by atoms with van der Waals surface area (Å²) in [6.07, 6.45) is -1.76. The summed E-state index contributed by atoms with van der Waals surface area (Å²) in [4.78, 5) is 40.8. The number of carbonyl (C=O) groups is 1. The number of hydrogen-bond acceptors (Lipinski definition) is 9. The Morgan fingerprint density at radius 1 is 1.23 bits per heavy atom. The van der Waals surface area contributed by atoms with Crippen LogP contribution in [0.1, 0.15) is 5.69 Å². The molecule has 1 saturated heterocycles. The van der Waals surface area contributed by atoms with Crippen LogP contribution in [0.15, 0.2) is 58.7 Å². The molecule has 1 aromatic carbocycles. The molecule has 1 fully saturated rings. The minimum absolute atomic E-state index is 0.0153. The standard InChI is InChI=1S/C25H23F4N7O4/c1-3-19(38)34-7-9-35(10-8-34)22-15-11-18(25(27,28)29)36(21-16(26)5-4-6-17(21)37)23(39)20(15)32-24(33-22)40-14(12-30)13-31-2/h3-6,11-13,37H,1,7-10,30H2,2H3. The Kier molecular flexibility index (Phi) is 7.74. The van der Waals surface area contributed by atoms with E-state index in [4.69, 9.17) is 10.5 Å². The molecule has 0 bridgehead atoms. The Morgan fingerprint density at radius 2 is 1.93 bits per heavy atom. The van der Waals surface area contributed by atoms with Crippen molar-refractivity contribution in [1.29, 1.82) is 0 Å². The van der Waals surface area contributed by atoms with E-state index in [2.05, 4.69) is 21.5 Å². The highest BCUT2D eigenvalue weighted by molar-refractivity contribution is 5.91. The molecule has 0 aliphatic carbocycles. The summed E-state index contributed by atoms with van der Waals surface area (Å²) in [5.41, 5.74) is 1.04. The third kappa shape index (κ3) is 5.30. The number of rotatable bonds is 6. The average molecular weight is 561 g/mol. The largest absolute Gasteiger partial charge is 0.506 e. The van der Waals surface area contributed by atoms with Crippen molar-refractivity contribution in [2.24, 2.45) is 10.7 Å². The van der Waals surface area contributed by atoms with Crippen LogP contribution in [0.4, 0.5) is 23.4 Å². The normalized spacial score (nSPS) is 14.7. The van der Waals surface area contributed by atoms with Crippen molar-refractivity contribution < 1.29 is 32.2 Å². The number of allylic oxidation sites excluding steroid dienone is 1. The van der Waals surface area contributed by atoms with Gasteiger partial charge in [0.05, 0.1) is 11.6 Å². The lowest BCUT2D eigenvalue weighted by Gasteiger charge is -2.35. The van der Waals surface area contributed by atoms with Crippen molar-refractivity contribution in [3.05, 3.63) is 70.7 Å². The molecule has 0 radical (unpaired) electrons. The van der Waals surface area contributed by atoms with E-state index in [-0.39, 0.29) is 53.6 Å². The Labute approximate surface area is 224 Å². The minimum Gasteiger partial charge on any atom is -0.506 e. The van der Waals surface area contributed by atoms with E-state index in [9.17, 15) is 32.3 Å². The van der Waals surface area contributed by atoms with Crippen LogP contribution in [-0.2, 0) is 11.0 Å². The molecule has 0 spiro atoms. The van der Waals surface area contributed by atoms with Crippen LogP contribution >= 0.6 is 0 Å². The number of halogens is 4. The number of amides is 1. The van der Waals surface area contributed by atoms with E-state index < -0.39 is 46.2 Å². The number of aromatic nitrogens is 3. The van der Waals surface area contributed by atoms with Crippen molar-refractivity contribution in [1.82, 2.24) is 19.4 Å². The number of nitrogens with two attached hydrogens (primary N) is 1. The van der Waals surface area contributed by atoms with Crippen molar-refractivity contribution in [2.45, 2.75) is 6.18 Å². The van der Waals surface area contributed by atoms with Gasteiger partial charge in [0.25, 0.3) is 5.56 Å². The molecule has 1 aliphatic heterocycles. The third-order valence-electron chi connectivity index (χ3n) is 6.01. The second-order valence-corrected chi connectivity index (χ2v) is 8.44. The van der Waals surface area contributed by atoms with Gasteiger partial charge in [-0.25, -0.2) is 4.39 Å². The molecule has 4 rings (SSSR count). The van der Waals surface area contributed by atoms with Gasteiger partial charge in [0.2, 0.25) is 5.91 Å². The molecule has 210 valence electrons. The minimum atomic E-state index is -5.16. The number of benzene rings is 1. The summed E-state index contributed by atoms with van der Waals surface area (Å²) in [6, 6.07) is 2.98. The summed E-state index contributed by atoms with van der Waals surface area (Å²) in [6.45, 7) is 4.10. The molecule has 11 nitrogen and oxygen atoms in total. The first-order chi connectivity index (χ1) is 19.0. The average Bonchev–Trinajstić information content (AvgIpc) is 2.92. The number of phenols is 1. The Balaban J connectivity index is 2.02. The zero-order valence-electron chi connectivity index (χ0n) is 21.0. The van der Waals surface area contributed by atoms with E-state index in [1.54, 1.807) is 4.90 Å². The number of carbonyl (C=O) groups excluding carboxylic acids is 1. The Bertz CT molecular complexity index is 1570. The number of aromatic hydroxyl groups is 1. The monoisotopic (exact) mass is 561 g/mol. The maximum absolute atomic E-state index is 14.7. The van der Waals surface area contributed by atoms with Gasteiger partial charge in [-0.1, -0.05) is 12.6 Å². The van der Waals surface area contributed by atoms with Crippen LogP contribution in [-0.4, -0.2) is 69.9 Å². The van der Waals surface area contributed by atoms with E-state index >= 15 is 0 Å². The van der Waals surface area contributed by atoms with Gasteiger partial charge in [-0.15, -0.1) is 0 Å². The van der Waals surface area contributed by atoms with Crippen molar-refractivity contribution in [3.63, 3.8) is 0 Å². The van der Waals surface area contributed by atoms with Crippen LogP contribution < -0.4 is 20.9 Å². The van der Waals surface area contributed by atoms with Gasteiger partial charge in [0.1, 0.15) is 28.5 Å². The molecule has 0 saturated carbocycles. The van der Waals surface area contributed by atoms with Gasteiger partial charge < -0.3 is 25.4 Å². The molecule has 1 aliphatic rings. The molecular formula is C25H23F4N7O4. The van der Waals surface area contributed by atoms with Gasteiger partial charge in [-0.2, -0.15) is 23.1 Å². The summed E-state index contributed by atoms with van der Waals surface area (Å²) >= 11 is 0. The number of piperazine rings is 1. The number of pyridine rings is 1. The van der Waals surface area contributed by atoms with E-state index in [0.29, 0.717) is 6.07 Å². The second-order valence-electron chi connectivity index (χ2n) is 8.44. The number of para-hydroxylation sites is 1. The van der Waals surface area contributed by atoms with Crippen LogP contribution in [0.3, 0.4) is 0 Å². The zero-order chi connectivity index (χ0) is 29.2. The summed E-state index contributed by atoms with van der Waals surface area (Å²) < 4.78 is 63.2. The van der Waals surface area contributed by atoms with Gasteiger partial charge in [0.15, 0.2) is 11.6 Å². The molecule has 3 aromatic rings. The third-order valence-corrected chi connectivity index (χ3v) is 6.01. The predicted octanol–water partition coefficient (Wildman–Crippen LogP) is 2.36. The highest BCUT2D eigenvalue weighted by Gasteiger charge is 2.38. The van der Waals surface area contributed by atoms with Gasteiger partial charge in [-0.05, 0) is 24.3 Å². The lowest BCUT2D eigenvalue weighted by molar-refractivity contribution is -0.142. The summed E-state index contributed by atoms with van der Waals surface area (Å²) in [7, 11) is 1.43. The van der Waals surface area contributed by atoms with E-state index in [1.165, 1.54) is 18.2 Å². The fourth-order valence-electron chi connectivity index (χ4n) is 4.20. The van der Waals surface area contributed by atoms with Crippen LogP contribution in [0, 0.1) is 5.82 Å². The van der Waals surface area contributed by atoms with Gasteiger partial charge >= 0.3 is 12.2 Å². The van der Waals surface area contributed by atoms with E-state index in [1.807, 2.05) is 0 Å². The lowest BCUT2D eigenvalue weighted by atomic mass is 10.1. The molecule has 1 amide bonds. The number of nitrogens with zero attached hydrogens (tertiary/aromatic N) is 6. The second kappa shape index (κ2) is 11.0. The topological polar surface area (TPSA) is 139 Å². The molecule has 3 N–H and O–H groups in total. The zero-order valence-corrected chi connectivity index (χ0v) is 21.0. The van der Waals surface area contributed by atoms with Crippen molar-refractivity contribution >= 4 is 28.8 Å². The van der Waals surface area contributed by atoms with Crippen LogP contribution in [0.2, 0.25) is 0 Å². The van der Waals surface area contributed by atoms with E-state index in [0.717, 1.165) is 30.5 Å². The summed E-state index contributed by atoms with van der Waals surface area (Å²) in [5, 5.41) is 9.93. The first-order valence-electron chi connectivity index (χ1n) is 11.7. The quantitative estimate of drug-likeness (QED) is 0.202.